The van der Waals surface area contributed by atoms with Gasteiger partial charge in [-0.2, -0.15) is 5.10 Å². The molecule has 1 amide bonds. The van der Waals surface area contributed by atoms with Crippen molar-refractivity contribution in [2.75, 3.05) is 6.61 Å². The smallest absolute Gasteiger partial charge is 0.258 e. The van der Waals surface area contributed by atoms with Crippen LogP contribution >= 0.6 is 34.8 Å². The van der Waals surface area contributed by atoms with Gasteiger partial charge < -0.3 is 10.1 Å². The average molecular weight is 350 g/mol. The van der Waals surface area contributed by atoms with Crippen LogP contribution in [0.25, 0.3) is 0 Å². The van der Waals surface area contributed by atoms with Gasteiger partial charge in [0.1, 0.15) is 17.9 Å². The number of aromatic nitrogens is 3. The second kappa shape index (κ2) is 6.98. The van der Waals surface area contributed by atoms with Crippen molar-refractivity contribution < 1.29 is 9.53 Å². The molecule has 1 aromatic heterocycles. The van der Waals surface area contributed by atoms with Crippen molar-refractivity contribution in [1.29, 1.82) is 0 Å². The number of hydrogen-bond acceptors (Lipinski definition) is 4. The first-order chi connectivity index (χ1) is 9.97. The first-order valence-electron chi connectivity index (χ1n) is 5.89. The van der Waals surface area contributed by atoms with Crippen LogP contribution in [0.5, 0.6) is 5.75 Å². The summed E-state index contributed by atoms with van der Waals surface area (Å²) in [6, 6.07) is 2.60. The summed E-state index contributed by atoms with van der Waals surface area (Å²) in [7, 11) is 0. The Labute approximate surface area is 135 Å². The molecule has 0 saturated heterocycles. The van der Waals surface area contributed by atoms with Gasteiger partial charge in [0.15, 0.2) is 6.61 Å². The summed E-state index contributed by atoms with van der Waals surface area (Å²) >= 11 is 17.6. The molecule has 0 fully saturated rings. The first kappa shape index (κ1) is 15.9. The van der Waals surface area contributed by atoms with Gasteiger partial charge in [-0.05, 0) is 13.0 Å². The molecular weight excluding hydrogens is 339 g/mol. The number of carbonyl (C=O) groups is 1. The van der Waals surface area contributed by atoms with E-state index >= 15 is 0 Å². The molecule has 0 aliphatic carbocycles. The number of H-pyrrole nitrogens is 1. The van der Waals surface area contributed by atoms with Crippen LogP contribution in [0.1, 0.15) is 18.8 Å². The Morgan fingerprint density at radius 2 is 2.05 bits per heavy atom. The fourth-order valence-electron chi connectivity index (χ4n) is 1.53. The number of benzene rings is 1. The molecule has 0 radical (unpaired) electrons. The Kier molecular flexibility index (Phi) is 5.27. The molecule has 2 rings (SSSR count). The Balaban J connectivity index is 1.91. The summed E-state index contributed by atoms with van der Waals surface area (Å²) in [5, 5.41) is 9.97. The van der Waals surface area contributed by atoms with Gasteiger partial charge in [-0.15, -0.1) is 0 Å². The summed E-state index contributed by atoms with van der Waals surface area (Å²) in [6.07, 6.45) is 1.37. The van der Waals surface area contributed by atoms with Crippen LogP contribution in [0, 0.1) is 0 Å². The number of halogens is 3. The quantitative estimate of drug-likeness (QED) is 0.813. The second-order valence-corrected chi connectivity index (χ2v) is 5.37. The van der Waals surface area contributed by atoms with Gasteiger partial charge in [0, 0.05) is 6.07 Å². The number of nitrogens with one attached hydrogen (secondary N) is 2. The minimum absolute atomic E-state index is 0.212. The number of rotatable bonds is 5. The van der Waals surface area contributed by atoms with Crippen molar-refractivity contribution >= 4 is 40.7 Å². The van der Waals surface area contributed by atoms with E-state index in [-0.39, 0.29) is 29.3 Å². The Morgan fingerprint density at radius 3 is 2.71 bits per heavy atom. The van der Waals surface area contributed by atoms with Gasteiger partial charge >= 0.3 is 0 Å². The van der Waals surface area contributed by atoms with Gasteiger partial charge in [0.2, 0.25) is 0 Å². The molecule has 21 heavy (non-hydrogen) atoms. The first-order valence-corrected chi connectivity index (χ1v) is 7.02. The van der Waals surface area contributed by atoms with E-state index in [4.69, 9.17) is 39.5 Å². The second-order valence-electron chi connectivity index (χ2n) is 4.15. The van der Waals surface area contributed by atoms with E-state index in [0.29, 0.717) is 15.9 Å². The zero-order chi connectivity index (χ0) is 15.4. The normalized spacial score (nSPS) is 12.0. The predicted octanol–water partition coefficient (Wildman–Crippen LogP) is 3.02. The highest BCUT2D eigenvalue weighted by molar-refractivity contribution is 6.43. The molecule has 2 aromatic rings. The maximum Gasteiger partial charge on any atom is 0.258 e. The monoisotopic (exact) mass is 348 g/mol. The third-order valence-corrected chi connectivity index (χ3v) is 3.57. The zero-order valence-corrected chi connectivity index (χ0v) is 13.1. The van der Waals surface area contributed by atoms with Crippen molar-refractivity contribution in [2.24, 2.45) is 0 Å². The largest absolute Gasteiger partial charge is 0.482 e. The van der Waals surface area contributed by atoms with Gasteiger partial charge in [0.05, 0.1) is 21.1 Å². The lowest BCUT2D eigenvalue weighted by Gasteiger charge is -2.12. The van der Waals surface area contributed by atoms with Crippen LogP contribution in [-0.4, -0.2) is 27.7 Å². The molecule has 2 N–H and O–H groups in total. The summed E-state index contributed by atoms with van der Waals surface area (Å²) in [5.41, 5.74) is 0. The van der Waals surface area contributed by atoms with Crippen LogP contribution in [0.2, 0.25) is 15.1 Å². The lowest BCUT2D eigenvalue weighted by Crippen LogP contribution is -2.31. The van der Waals surface area contributed by atoms with Crippen LogP contribution in [0.15, 0.2) is 18.5 Å². The van der Waals surface area contributed by atoms with E-state index in [9.17, 15) is 4.79 Å². The van der Waals surface area contributed by atoms with Gasteiger partial charge in [-0.25, -0.2) is 4.98 Å². The van der Waals surface area contributed by atoms with Crippen LogP contribution in [0.3, 0.4) is 0 Å². The van der Waals surface area contributed by atoms with E-state index < -0.39 is 0 Å². The van der Waals surface area contributed by atoms with Crippen molar-refractivity contribution in [1.82, 2.24) is 20.5 Å². The van der Waals surface area contributed by atoms with E-state index in [2.05, 4.69) is 20.5 Å². The molecule has 6 nitrogen and oxygen atoms in total. The molecule has 0 saturated carbocycles. The number of amides is 1. The molecular formula is C12H11Cl3N4O2. The highest BCUT2D eigenvalue weighted by Gasteiger charge is 2.13. The number of carbonyl (C=O) groups excluding carboxylic acids is 1. The minimum Gasteiger partial charge on any atom is -0.482 e. The minimum atomic E-state index is -0.332. The van der Waals surface area contributed by atoms with Crippen molar-refractivity contribution in [3.63, 3.8) is 0 Å². The standard InChI is InChI=1S/C12H11Cl3N4O2/c1-6(12-16-5-17-19-12)18-11(20)4-21-10-3-8(14)7(13)2-9(10)15/h2-3,5-6H,4H2,1H3,(H,18,20)(H,16,17,19). The van der Waals surface area contributed by atoms with Crippen LogP contribution < -0.4 is 10.1 Å². The van der Waals surface area contributed by atoms with Crippen molar-refractivity contribution in [3.8, 4) is 5.75 Å². The Morgan fingerprint density at radius 1 is 1.33 bits per heavy atom. The molecule has 1 heterocycles. The van der Waals surface area contributed by atoms with Gasteiger partial charge in [-0.3, -0.25) is 9.89 Å². The predicted molar refractivity (Wildman–Crippen MR) is 79.9 cm³/mol. The maximum atomic E-state index is 11.8. The third-order valence-electron chi connectivity index (χ3n) is 2.55. The number of ether oxygens (including phenoxy) is 1. The fraction of sp³-hybridized carbons (Fsp3) is 0.250. The van der Waals surface area contributed by atoms with Crippen molar-refractivity contribution in [3.05, 3.63) is 39.4 Å². The molecule has 0 spiro atoms. The van der Waals surface area contributed by atoms with Crippen LogP contribution in [0.4, 0.5) is 0 Å². The number of nitrogens with zero attached hydrogens (tertiary/aromatic N) is 2. The number of aromatic amines is 1. The topological polar surface area (TPSA) is 79.9 Å². The van der Waals surface area contributed by atoms with E-state index in [1.165, 1.54) is 18.5 Å². The molecule has 1 aromatic carbocycles. The van der Waals surface area contributed by atoms with Gasteiger partial charge in [-0.1, -0.05) is 34.8 Å². The summed E-state index contributed by atoms with van der Waals surface area (Å²) < 4.78 is 5.32. The fourth-order valence-corrected chi connectivity index (χ4v) is 2.12. The lowest BCUT2D eigenvalue weighted by molar-refractivity contribution is -0.123. The molecule has 1 atom stereocenters. The Hall–Kier alpha value is -1.50. The summed E-state index contributed by atoms with van der Waals surface area (Å²) in [4.78, 5) is 15.7. The molecule has 0 bridgehead atoms. The zero-order valence-electron chi connectivity index (χ0n) is 10.9. The van der Waals surface area contributed by atoms with E-state index in [1.54, 1.807) is 6.92 Å². The number of hydrogen-bond donors (Lipinski definition) is 2. The summed E-state index contributed by atoms with van der Waals surface area (Å²) in [6.45, 7) is 1.56. The van der Waals surface area contributed by atoms with E-state index in [1.807, 2.05) is 0 Å². The highest BCUT2D eigenvalue weighted by atomic mass is 35.5. The average Bonchev–Trinajstić information content (AvgIpc) is 2.95. The molecule has 9 heteroatoms. The van der Waals surface area contributed by atoms with E-state index in [0.717, 1.165) is 0 Å². The Bertz CT molecular complexity index is 634. The molecule has 0 aliphatic rings. The maximum absolute atomic E-state index is 11.8. The van der Waals surface area contributed by atoms with Crippen molar-refractivity contribution in [2.45, 2.75) is 13.0 Å². The van der Waals surface area contributed by atoms with Gasteiger partial charge in [0.25, 0.3) is 5.91 Å². The molecule has 0 aliphatic heterocycles. The lowest BCUT2D eigenvalue weighted by atomic mass is 10.3. The third kappa shape index (κ3) is 4.23. The SMILES string of the molecule is CC(NC(=O)COc1cc(Cl)c(Cl)cc1Cl)c1ncn[nH]1. The summed E-state index contributed by atoms with van der Waals surface area (Å²) in [5.74, 6) is 0.505. The molecule has 112 valence electrons. The molecule has 1 unspecified atom stereocenters. The highest BCUT2D eigenvalue weighted by Crippen LogP contribution is 2.33. The van der Waals surface area contributed by atoms with Crippen LogP contribution in [-0.2, 0) is 4.79 Å².